The van der Waals surface area contributed by atoms with E-state index in [0.29, 0.717) is 70.7 Å². The molecule has 0 N–H and O–H groups in total. The van der Waals surface area contributed by atoms with E-state index < -0.39 is 23.7 Å². The second-order valence-electron chi connectivity index (χ2n) is 12.2. The van der Waals surface area contributed by atoms with Crippen LogP contribution in [0.4, 0.5) is 20.0 Å². The van der Waals surface area contributed by atoms with Crippen molar-refractivity contribution in [2.24, 2.45) is 0 Å². The Bertz CT molecular complexity index is 2290. The zero-order valence-electron chi connectivity index (χ0n) is 24.9. The number of allylic oxidation sites excluding steroid dienone is 2. The Labute approximate surface area is 278 Å². The zero-order chi connectivity index (χ0) is 32.7. The summed E-state index contributed by atoms with van der Waals surface area (Å²) in [6.07, 6.45) is 0. The third-order valence-electron chi connectivity index (χ3n) is 10.1. The van der Waals surface area contributed by atoms with Crippen molar-refractivity contribution in [2.75, 3.05) is 0 Å². The van der Waals surface area contributed by atoms with E-state index in [4.69, 9.17) is 0 Å². The molecular formula is C33H23BBr2F2N4O4. The summed E-state index contributed by atoms with van der Waals surface area (Å²) in [5, 5.41) is 24.3. The number of nitrogens with zero attached hydrogens (tertiary/aromatic N) is 4. The third kappa shape index (κ3) is 3.39. The molecule has 2 bridgehead atoms. The van der Waals surface area contributed by atoms with Crippen molar-refractivity contribution in [3.8, 4) is 0 Å². The predicted molar refractivity (Wildman–Crippen MR) is 178 cm³/mol. The maximum absolute atomic E-state index is 16.7. The molecule has 0 radical (unpaired) electrons. The lowest BCUT2D eigenvalue weighted by molar-refractivity contribution is -0.385. The Morgan fingerprint density at radius 2 is 1.50 bits per heavy atom. The summed E-state index contributed by atoms with van der Waals surface area (Å²) in [6.45, 7) is 2.71. The molecule has 3 aromatic carbocycles. The Morgan fingerprint density at radius 3 is 2.17 bits per heavy atom. The van der Waals surface area contributed by atoms with Crippen LogP contribution < -0.4 is 0 Å². The van der Waals surface area contributed by atoms with Crippen molar-refractivity contribution in [1.82, 2.24) is 4.48 Å². The van der Waals surface area contributed by atoms with Crippen LogP contribution in [0.1, 0.15) is 81.6 Å². The summed E-state index contributed by atoms with van der Waals surface area (Å²) in [4.78, 5) is 23.5. The fourth-order valence-electron chi connectivity index (χ4n) is 8.35. The van der Waals surface area contributed by atoms with Crippen LogP contribution in [0.25, 0.3) is 5.57 Å². The first-order valence-corrected chi connectivity index (χ1v) is 16.2. The van der Waals surface area contributed by atoms with E-state index in [1.165, 1.54) is 12.1 Å². The summed E-state index contributed by atoms with van der Waals surface area (Å²) in [7, 11) is 0. The predicted octanol–water partition coefficient (Wildman–Crippen LogP) is 8.82. The first-order valence-electron chi connectivity index (χ1n) is 14.6. The molecule has 2 atom stereocenters. The number of aromatic nitrogens is 1. The molecule has 46 heavy (non-hydrogen) atoms. The van der Waals surface area contributed by atoms with E-state index in [2.05, 4.69) is 31.9 Å². The number of fused-ring (bicyclic) bond motifs is 2. The Morgan fingerprint density at radius 1 is 0.848 bits per heavy atom. The number of non-ortho nitro benzene ring substituents is 1. The molecule has 5 aliphatic rings. The van der Waals surface area contributed by atoms with Crippen molar-refractivity contribution >= 4 is 61.5 Å². The smallest absolute Gasteiger partial charge is 0.392 e. The molecule has 0 spiro atoms. The minimum atomic E-state index is -4.28. The highest BCUT2D eigenvalue weighted by Gasteiger charge is 2.57. The maximum atomic E-state index is 16.7. The SMILES string of the molecule is CC1=C(Br)C(C)=[N+]2C1=C(c1cccc3c1[C@H]1c4cc([N+](=O)[O-])ccc4[C@@H]3c3c1cccc3[N+](=O)[O-])c1c(C)c(Br)c(C)n1[B-]2(F)F. The van der Waals surface area contributed by atoms with Crippen molar-refractivity contribution in [3.05, 3.63) is 151 Å². The molecule has 9 rings (SSSR count). The highest BCUT2D eigenvalue weighted by Crippen LogP contribution is 2.61. The van der Waals surface area contributed by atoms with Crippen molar-refractivity contribution in [1.29, 1.82) is 0 Å². The molecule has 1 aromatic heterocycles. The van der Waals surface area contributed by atoms with Crippen LogP contribution in [0.3, 0.4) is 0 Å². The van der Waals surface area contributed by atoms with E-state index in [-0.39, 0.29) is 16.3 Å². The molecule has 0 saturated carbocycles. The molecule has 0 saturated heterocycles. The number of nitro benzene ring substituents is 2. The quantitative estimate of drug-likeness (QED) is 0.103. The van der Waals surface area contributed by atoms with Gasteiger partial charge in [-0.1, -0.05) is 36.4 Å². The summed E-state index contributed by atoms with van der Waals surface area (Å²) in [5.74, 6) is -1.19. The molecule has 0 unspecified atom stereocenters. The topological polar surface area (TPSA) is 94.2 Å². The van der Waals surface area contributed by atoms with Crippen LogP contribution in [0.5, 0.6) is 0 Å². The fraction of sp³-hybridized carbons (Fsp3) is 0.182. The molecule has 8 nitrogen and oxygen atoms in total. The van der Waals surface area contributed by atoms with E-state index in [9.17, 15) is 20.2 Å². The van der Waals surface area contributed by atoms with E-state index in [1.54, 1.807) is 32.0 Å². The minimum Gasteiger partial charge on any atom is -0.392 e. The monoisotopic (exact) mass is 746 g/mol. The van der Waals surface area contributed by atoms with Gasteiger partial charge in [-0.3, -0.25) is 20.2 Å². The summed E-state index contributed by atoms with van der Waals surface area (Å²) in [5.41, 5.74) is 8.46. The highest BCUT2D eigenvalue weighted by atomic mass is 79.9. The lowest BCUT2D eigenvalue weighted by atomic mass is 9.59. The molecule has 3 heterocycles. The molecular weight excluding hydrogens is 725 g/mol. The fourth-order valence-corrected chi connectivity index (χ4v) is 9.11. The Balaban J connectivity index is 1.53. The van der Waals surface area contributed by atoms with Gasteiger partial charge in [0.1, 0.15) is 5.71 Å². The zero-order valence-corrected chi connectivity index (χ0v) is 28.0. The van der Waals surface area contributed by atoms with Crippen LogP contribution in [0, 0.1) is 34.1 Å². The van der Waals surface area contributed by atoms with Crippen molar-refractivity contribution < 1.29 is 23.0 Å². The molecule has 2 aliphatic heterocycles. The first kappa shape index (κ1) is 29.2. The molecule has 230 valence electrons. The normalized spacial score (nSPS) is 20.0. The molecule has 0 amide bonds. The van der Waals surface area contributed by atoms with Gasteiger partial charge in [-0.25, -0.2) is 0 Å². The highest BCUT2D eigenvalue weighted by molar-refractivity contribution is 9.12. The maximum Gasteiger partial charge on any atom is 0.737 e. The number of rotatable bonds is 3. The average Bonchev–Trinajstić information content (AvgIpc) is 3.40. The lowest BCUT2D eigenvalue weighted by Gasteiger charge is -2.43. The van der Waals surface area contributed by atoms with Gasteiger partial charge in [0.2, 0.25) is 0 Å². The number of hydrogen-bond acceptors (Lipinski definition) is 4. The van der Waals surface area contributed by atoms with Gasteiger partial charge in [0.15, 0.2) is 5.70 Å². The van der Waals surface area contributed by atoms with Gasteiger partial charge < -0.3 is 17.6 Å². The van der Waals surface area contributed by atoms with Gasteiger partial charge in [-0.2, -0.15) is 0 Å². The van der Waals surface area contributed by atoms with Gasteiger partial charge >= 0.3 is 6.97 Å². The number of benzene rings is 3. The van der Waals surface area contributed by atoms with Crippen molar-refractivity contribution in [2.45, 2.75) is 39.5 Å². The van der Waals surface area contributed by atoms with Crippen LogP contribution in [-0.4, -0.2) is 31.5 Å². The average molecular weight is 748 g/mol. The third-order valence-corrected chi connectivity index (χ3v) is 12.5. The number of hydrogen-bond donors (Lipinski definition) is 0. The van der Waals surface area contributed by atoms with E-state index >= 15 is 8.63 Å². The van der Waals surface area contributed by atoms with Crippen LogP contribution >= 0.6 is 31.9 Å². The van der Waals surface area contributed by atoms with Gasteiger partial charge in [-0.05, 0) is 97.3 Å². The Hall–Kier alpha value is -4.23. The number of halogens is 4. The van der Waals surface area contributed by atoms with Crippen LogP contribution in [0.15, 0.2) is 74.8 Å². The minimum absolute atomic E-state index is 0.0197. The van der Waals surface area contributed by atoms with Crippen LogP contribution in [0.2, 0.25) is 0 Å². The molecule has 4 aromatic rings. The van der Waals surface area contributed by atoms with Gasteiger partial charge in [0.05, 0.1) is 19.9 Å². The second kappa shape index (κ2) is 9.41. The van der Waals surface area contributed by atoms with Gasteiger partial charge in [0.25, 0.3) is 11.4 Å². The number of nitro groups is 2. The summed E-state index contributed by atoms with van der Waals surface area (Å²) >= 11 is 7.17. The van der Waals surface area contributed by atoms with E-state index in [0.717, 1.165) is 25.7 Å². The van der Waals surface area contributed by atoms with Gasteiger partial charge in [0, 0.05) is 58.3 Å². The lowest BCUT2D eigenvalue weighted by Crippen LogP contribution is -2.51. The van der Waals surface area contributed by atoms with Gasteiger partial charge in [-0.15, -0.1) is 0 Å². The second-order valence-corrected chi connectivity index (χ2v) is 13.8. The molecule has 3 aliphatic carbocycles. The molecule has 0 fully saturated rings. The standard InChI is InChI=1S/C33H23BBr2F2N4O4/c1-14-30(35)16(3)39-32(14)29(33-15(2)31(36)17(4)40(33)34(39,37)38)22-8-5-7-20-25-19-12-11-18(41(43)44)13-23(19)27(26(20)22)21-9-6-10-24(28(21)25)42(45)46/h5-13,25,27H,1-4H3/t25-,27+/m0/s1. The van der Waals surface area contributed by atoms with E-state index in [1.807, 2.05) is 38.1 Å². The summed E-state index contributed by atoms with van der Waals surface area (Å²) < 4.78 is 36.9. The largest absolute Gasteiger partial charge is 0.737 e. The summed E-state index contributed by atoms with van der Waals surface area (Å²) in [6, 6.07) is 15.4. The van der Waals surface area contributed by atoms with Crippen LogP contribution in [-0.2, 0) is 0 Å². The Kier molecular flexibility index (Phi) is 5.98. The first-order chi connectivity index (χ1) is 21.8. The van der Waals surface area contributed by atoms with Crippen molar-refractivity contribution in [3.63, 3.8) is 0 Å². The molecule has 13 heteroatoms.